The van der Waals surface area contributed by atoms with E-state index in [9.17, 15) is 17.6 Å². The summed E-state index contributed by atoms with van der Waals surface area (Å²) in [6.45, 7) is 1.40. The van der Waals surface area contributed by atoms with Gasteiger partial charge in [-0.15, -0.1) is 0 Å². The van der Waals surface area contributed by atoms with Crippen LogP contribution in [0, 0.1) is 18.6 Å². The average molecular weight is 258 g/mol. The van der Waals surface area contributed by atoms with Gasteiger partial charge >= 0.3 is 0 Å². The zero-order chi connectivity index (χ0) is 13.4. The van der Waals surface area contributed by atoms with Crippen molar-refractivity contribution in [1.82, 2.24) is 4.98 Å². The molecule has 0 saturated heterocycles. The fourth-order valence-electron chi connectivity index (χ4n) is 1.79. The highest BCUT2D eigenvalue weighted by molar-refractivity contribution is 5.93. The molecule has 0 aliphatic carbocycles. The first kappa shape index (κ1) is 12.6. The van der Waals surface area contributed by atoms with Crippen LogP contribution in [-0.2, 0) is 0 Å². The maximum atomic E-state index is 13.9. The first-order chi connectivity index (χ1) is 8.45. The van der Waals surface area contributed by atoms with Gasteiger partial charge in [-0.1, -0.05) is 0 Å². The second-order valence-electron chi connectivity index (χ2n) is 3.86. The van der Waals surface area contributed by atoms with E-state index in [0.29, 0.717) is 0 Å². The number of alkyl halides is 2. The maximum absolute atomic E-state index is 13.9. The van der Waals surface area contributed by atoms with Crippen molar-refractivity contribution in [3.63, 3.8) is 0 Å². The highest BCUT2D eigenvalue weighted by atomic mass is 19.3. The van der Waals surface area contributed by atoms with E-state index in [-0.39, 0.29) is 22.2 Å². The molecule has 18 heavy (non-hydrogen) atoms. The number of nitrogens with zero attached hydrogens (tertiary/aromatic N) is 1. The highest BCUT2D eigenvalue weighted by Crippen LogP contribution is 2.32. The third-order valence-corrected chi connectivity index (χ3v) is 2.67. The van der Waals surface area contributed by atoms with Gasteiger partial charge in [-0.25, -0.2) is 22.5 Å². The van der Waals surface area contributed by atoms with Gasteiger partial charge in [0.05, 0.1) is 5.39 Å². The van der Waals surface area contributed by atoms with E-state index in [0.717, 1.165) is 12.1 Å². The van der Waals surface area contributed by atoms with Crippen molar-refractivity contribution in [3.05, 3.63) is 35.0 Å². The number of nitrogens with one attached hydrogen (secondary N) is 1. The Morgan fingerprint density at radius 3 is 2.44 bits per heavy atom. The summed E-state index contributed by atoms with van der Waals surface area (Å²) in [6, 6.07) is 1.97. The molecular weight excluding hydrogens is 248 g/mol. The van der Waals surface area contributed by atoms with Crippen molar-refractivity contribution in [2.45, 2.75) is 13.3 Å². The summed E-state index contributed by atoms with van der Waals surface area (Å²) < 4.78 is 52.8. The molecule has 2 nitrogen and oxygen atoms in total. The minimum absolute atomic E-state index is 0.0930. The molecule has 0 bridgehead atoms. The summed E-state index contributed by atoms with van der Waals surface area (Å²) in [5.74, 6) is -1.48. The average Bonchev–Trinajstić information content (AvgIpc) is 2.34. The second kappa shape index (κ2) is 4.44. The van der Waals surface area contributed by atoms with Gasteiger partial charge in [0.15, 0.2) is 0 Å². The smallest absolute Gasteiger partial charge is 0.280 e. The number of aromatic nitrogens is 1. The zero-order valence-electron chi connectivity index (χ0n) is 9.69. The van der Waals surface area contributed by atoms with E-state index in [4.69, 9.17) is 0 Å². The van der Waals surface area contributed by atoms with Gasteiger partial charge in [0.1, 0.15) is 22.8 Å². The van der Waals surface area contributed by atoms with Crippen molar-refractivity contribution in [3.8, 4) is 0 Å². The van der Waals surface area contributed by atoms with Crippen LogP contribution in [0.5, 0.6) is 0 Å². The minimum atomic E-state index is -2.84. The molecule has 6 heteroatoms. The van der Waals surface area contributed by atoms with Crippen molar-refractivity contribution in [1.29, 1.82) is 0 Å². The monoisotopic (exact) mass is 258 g/mol. The Hall–Kier alpha value is -1.85. The molecule has 1 heterocycles. The Labute approximate surface area is 101 Å². The van der Waals surface area contributed by atoms with E-state index in [1.165, 1.54) is 14.0 Å². The Morgan fingerprint density at radius 1 is 1.22 bits per heavy atom. The van der Waals surface area contributed by atoms with Gasteiger partial charge in [-0.2, -0.15) is 0 Å². The number of hydrogen-bond acceptors (Lipinski definition) is 2. The van der Waals surface area contributed by atoms with Crippen LogP contribution < -0.4 is 5.32 Å². The number of rotatable bonds is 2. The van der Waals surface area contributed by atoms with Gasteiger partial charge in [-0.3, -0.25) is 0 Å². The van der Waals surface area contributed by atoms with E-state index in [1.54, 1.807) is 0 Å². The second-order valence-corrected chi connectivity index (χ2v) is 3.86. The zero-order valence-corrected chi connectivity index (χ0v) is 9.69. The summed E-state index contributed by atoms with van der Waals surface area (Å²) in [5, 5.41) is 2.47. The molecule has 1 N–H and O–H groups in total. The lowest BCUT2D eigenvalue weighted by molar-refractivity contribution is 0.146. The topological polar surface area (TPSA) is 24.9 Å². The van der Waals surface area contributed by atoms with Crippen LogP contribution in [0.1, 0.15) is 17.7 Å². The van der Waals surface area contributed by atoms with Crippen LogP contribution in [0.4, 0.5) is 23.2 Å². The molecule has 0 aliphatic rings. The molecule has 1 aromatic heterocycles. The first-order valence-electron chi connectivity index (χ1n) is 5.20. The van der Waals surface area contributed by atoms with Crippen molar-refractivity contribution >= 4 is 16.6 Å². The van der Waals surface area contributed by atoms with Gasteiger partial charge in [0.2, 0.25) is 0 Å². The molecule has 2 rings (SSSR count). The Morgan fingerprint density at radius 2 is 1.89 bits per heavy atom. The fraction of sp³-hybridized carbons (Fsp3) is 0.250. The lowest BCUT2D eigenvalue weighted by Crippen LogP contribution is -2.01. The lowest BCUT2D eigenvalue weighted by atomic mass is 10.1. The summed E-state index contributed by atoms with van der Waals surface area (Å²) >= 11 is 0. The first-order valence-corrected chi connectivity index (χ1v) is 5.20. The minimum Gasteiger partial charge on any atom is -0.387 e. The molecule has 2 aromatic rings. The number of halogens is 4. The molecule has 96 valence electrons. The third kappa shape index (κ3) is 1.87. The van der Waals surface area contributed by atoms with Gasteiger partial charge in [0.25, 0.3) is 6.43 Å². The van der Waals surface area contributed by atoms with Crippen LogP contribution in [-0.4, -0.2) is 12.0 Å². The summed E-state index contributed by atoms with van der Waals surface area (Å²) in [5.41, 5.74) is -0.784. The molecule has 0 radical (unpaired) electrons. The summed E-state index contributed by atoms with van der Waals surface area (Å²) in [7, 11) is 1.45. The van der Waals surface area contributed by atoms with Gasteiger partial charge in [-0.05, 0) is 24.6 Å². The highest BCUT2D eigenvalue weighted by Gasteiger charge is 2.19. The van der Waals surface area contributed by atoms with Crippen LogP contribution in [0.3, 0.4) is 0 Å². The number of pyridine rings is 1. The molecule has 0 saturated carbocycles. The van der Waals surface area contributed by atoms with Gasteiger partial charge < -0.3 is 5.32 Å². The van der Waals surface area contributed by atoms with Crippen LogP contribution in [0.25, 0.3) is 10.9 Å². The molecule has 0 unspecified atom stereocenters. The van der Waals surface area contributed by atoms with E-state index < -0.39 is 23.8 Å². The standard InChI is InChI=1S/C12H10F4N2/c1-5-3-6(13)11-9(10(5)14)7(17-2)4-8(18-11)12(15)16/h3-4,12H,1-2H3,(H,17,18). The van der Waals surface area contributed by atoms with Crippen LogP contribution in [0.15, 0.2) is 12.1 Å². The quantitative estimate of drug-likeness (QED) is 0.829. The van der Waals surface area contributed by atoms with Crippen molar-refractivity contribution < 1.29 is 17.6 Å². The molecule has 0 amide bonds. The molecular formula is C12H10F4N2. The SMILES string of the molecule is CNc1cc(C(F)F)nc2c(F)cc(C)c(F)c12. The lowest BCUT2D eigenvalue weighted by Gasteiger charge is -2.11. The Kier molecular flexibility index (Phi) is 3.11. The predicted molar refractivity (Wildman–Crippen MR) is 60.9 cm³/mol. The van der Waals surface area contributed by atoms with E-state index in [1.807, 2.05) is 0 Å². The van der Waals surface area contributed by atoms with Crippen molar-refractivity contribution in [2.75, 3.05) is 12.4 Å². The summed E-state index contributed by atoms with van der Waals surface area (Å²) in [4.78, 5) is 3.48. The number of fused-ring (bicyclic) bond motifs is 1. The van der Waals surface area contributed by atoms with Crippen molar-refractivity contribution in [2.24, 2.45) is 0 Å². The Bertz CT molecular complexity index is 611. The van der Waals surface area contributed by atoms with Crippen LogP contribution >= 0.6 is 0 Å². The number of anilines is 1. The number of benzene rings is 1. The molecule has 0 atom stereocenters. The molecule has 0 aliphatic heterocycles. The maximum Gasteiger partial charge on any atom is 0.280 e. The normalized spacial score (nSPS) is 11.3. The van der Waals surface area contributed by atoms with Gasteiger partial charge in [0, 0.05) is 12.7 Å². The Balaban J connectivity index is 2.91. The fourth-order valence-corrected chi connectivity index (χ4v) is 1.79. The third-order valence-electron chi connectivity index (χ3n) is 2.67. The summed E-state index contributed by atoms with van der Waals surface area (Å²) in [6.07, 6.45) is -2.84. The molecule has 0 spiro atoms. The van der Waals surface area contributed by atoms with Crippen LogP contribution in [0.2, 0.25) is 0 Å². The molecule has 1 aromatic carbocycles. The number of hydrogen-bond donors (Lipinski definition) is 1. The molecule has 0 fully saturated rings. The number of aryl methyl sites for hydroxylation is 1. The predicted octanol–water partition coefficient (Wildman–Crippen LogP) is 3.80. The van der Waals surface area contributed by atoms with E-state index >= 15 is 0 Å². The largest absolute Gasteiger partial charge is 0.387 e. The van der Waals surface area contributed by atoms with E-state index in [2.05, 4.69) is 10.3 Å².